The third kappa shape index (κ3) is 4.13. The molecule has 1 unspecified atom stereocenters. The number of rotatable bonds is 6. The first kappa shape index (κ1) is 21.0. The lowest BCUT2D eigenvalue weighted by atomic mass is 10.2. The van der Waals surface area contributed by atoms with E-state index in [0.717, 1.165) is 17.1 Å². The number of carbonyl (C=O) groups excluding carboxylic acids is 1. The minimum absolute atomic E-state index is 0.0277. The summed E-state index contributed by atoms with van der Waals surface area (Å²) in [6.45, 7) is -0.371. The number of nitrogens with one attached hydrogen (secondary N) is 1. The second-order valence-corrected chi connectivity index (χ2v) is 11.2. The molecule has 10 heteroatoms. The average Bonchev–Trinajstić information content (AvgIpc) is 3.58. The minimum Gasteiger partial charge on any atom is -0.352 e. The van der Waals surface area contributed by atoms with Gasteiger partial charge >= 0.3 is 0 Å². The van der Waals surface area contributed by atoms with Gasteiger partial charge in [-0.3, -0.25) is 4.79 Å². The van der Waals surface area contributed by atoms with Crippen molar-refractivity contribution >= 4 is 26.0 Å². The lowest BCUT2D eigenvalue weighted by Crippen LogP contribution is -2.61. The molecule has 1 aliphatic heterocycles. The van der Waals surface area contributed by atoms with Crippen molar-refractivity contribution in [1.29, 1.82) is 0 Å². The molecular weight excluding hydrogens is 426 g/mol. The van der Waals surface area contributed by atoms with Crippen molar-refractivity contribution in [2.24, 2.45) is 0 Å². The molecule has 4 rings (SSSR count). The zero-order valence-corrected chi connectivity index (χ0v) is 17.8. The molecule has 0 bridgehead atoms. The van der Waals surface area contributed by atoms with Crippen LogP contribution in [0.25, 0.3) is 0 Å². The van der Waals surface area contributed by atoms with Crippen molar-refractivity contribution in [2.45, 2.75) is 34.7 Å². The van der Waals surface area contributed by atoms with Crippen molar-refractivity contribution in [2.75, 3.05) is 19.6 Å². The van der Waals surface area contributed by atoms with Gasteiger partial charge in [-0.15, -0.1) is 0 Å². The summed E-state index contributed by atoms with van der Waals surface area (Å²) in [6, 6.07) is 14.7. The topological polar surface area (TPSA) is 104 Å². The van der Waals surface area contributed by atoms with Gasteiger partial charge in [0.25, 0.3) is 0 Å². The number of hydrogen-bond donors (Lipinski definition) is 1. The van der Waals surface area contributed by atoms with Crippen molar-refractivity contribution in [3.63, 3.8) is 0 Å². The summed E-state index contributed by atoms with van der Waals surface area (Å²) in [5.74, 6) is -0.468. The third-order valence-corrected chi connectivity index (χ3v) is 9.05. The fourth-order valence-corrected chi connectivity index (χ4v) is 6.51. The predicted octanol–water partition coefficient (Wildman–Crippen LogP) is 1.03. The van der Waals surface area contributed by atoms with Gasteiger partial charge in [-0.2, -0.15) is 8.61 Å². The largest absolute Gasteiger partial charge is 0.352 e. The zero-order valence-electron chi connectivity index (χ0n) is 16.2. The van der Waals surface area contributed by atoms with Crippen LogP contribution in [0.5, 0.6) is 0 Å². The molecule has 2 aromatic carbocycles. The van der Waals surface area contributed by atoms with Crippen molar-refractivity contribution in [3.8, 4) is 0 Å². The Morgan fingerprint density at radius 1 is 0.800 bits per heavy atom. The second kappa shape index (κ2) is 8.10. The molecule has 1 saturated carbocycles. The van der Waals surface area contributed by atoms with Crippen LogP contribution < -0.4 is 5.32 Å². The Hall–Kier alpha value is -2.27. The highest BCUT2D eigenvalue weighted by Crippen LogP contribution is 2.26. The van der Waals surface area contributed by atoms with Crippen molar-refractivity contribution < 1.29 is 21.6 Å². The Labute approximate surface area is 176 Å². The van der Waals surface area contributed by atoms with Crippen molar-refractivity contribution in [3.05, 3.63) is 60.7 Å². The molecule has 1 N–H and O–H groups in total. The van der Waals surface area contributed by atoms with Crippen LogP contribution in [0.3, 0.4) is 0 Å². The first-order valence-electron chi connectivity index (χ1n) is 9.72. The molecule has 2 aliphatic rings. The maximum absolute atomic E-state index is 13.2. The van der Waals surface area contributed by atoms with Gasteiger partial charge in [-0.25, -0.2) is 16.8 Å². The van der Waals surface area contributed by atoms with Crippen LogP contribution in [0.15, 0.2) is 70.5 Å². The van der Waals surface area contributed by atoms with E-state index >= 15 is 0 Å². The standard InChI is InChI=1S/C20H23N3O5S2/c24-20(21-16-11-12-16)19-15-22(29(25,26)17-7-3-1-4-8-17)13-14-23(19)30(27,28)18-9-5-2-6-10-18/h1-10,16,19H,11-15H2,(H,21,24). The second-order valence-electron chi connectivity index (χ2n) is 7.40. The maximum Gasteiger partial charge on any atom is 0.243 e. The van der Waals surface area contributed by atoms with Crippen LogP contribution in [-0.2, 0) is 24.8 Å². The molecule has 0 spiro atoms. The predicted molar refractivity (Wildman–Crippen MR) is 110 cm³/mol. The van der Waals surface area contributed by atoms with Gasteiger partial charge in [-0.1, -0.05) is 36.4 Å². The Morgan fingerprint density at radius 3 is 1.87 bits per heavy atom. The van der Waals surface area contributed by atoms with Gasteiger partial charge in [0.05, 0.1) is 9.79 Å². The third-order valence-electron chi connectivity index (χ3n) is 5.25. The quantitative estimate of drug-likeness (QED) is 0.709. The highest BCUT2D eigenvalue weighted by Gasteiger charge is 2.44. The van der Waals surface area contributed by atoms with Crippen molar-refractivity contribution in [1.82, 2.24) is 13.9 Å². The maximum atomic E-state index is 13.2. The molecule has 1 amide bonds. The summed E-state index contributed by atoms with van der Waals surface area (Å²) in [4.78, 5) is 13.1. The van der Waals surface area contributed by atoms with Gasteiger partial charge in [0.2, 0.25) is 26.0 Å². The molecule has 1 aliphatic carbocycles. The normalized spacial score (nSPS) is 21.3. The molecule has 2 aromatic rings. The van der Waals surface area contributed by atoms with E-state index in [-0.39, 0.29) is 35.5 Å². The van der Waals surface area contributed by atoms with Crippen LogP contribution in [-0.4, -0.2) is 63.1 Å². The molecule has 1 heterocycles. The summed E-state index contributed by atoms with van der Waals surface area (Å²) in [7, 11) is -7.80. The fourth-order valence-electron chi connectivity index (χ4n) is 3.46. The number of benzene rings is 2. The van der Waals surface area contributed by atoms with Crippen LogP contribution >= 0.6 is 0 Å². The number of nitrogens with zero attached hydrogens (tertiary/aromatic N) is 2. The van der Waals surface area contributed by atoms with E-state index in [4.69, 9.17) is 0 Å². The van der Waals surface area contributed by atoms with E-state index in [1.54, 1.807) is 36.4 Å². The first-order chi connectivity index (χ1) is 14.3. The average molecular weight is 450 g/mol. The lowest BCUT2D eigenvalue weighted by molar-refractivity contribution is -0.126. The van der Waals surface area contributed by atoms with E-state index in [1.807, 2.05) is 0 Å². The van der Waals surface area contributed by atoms with E-state index in [0.29, 0.717) is 0 Å². The lowest BCUT2D eigenvalue weighted by Gasteiger charge is -2.39. The monoisotopic (exact) mass is 449 g/mol. The fraction of sp³-hybridized carbons (Fsp3) is 0.350. The van der Waals surface area contributed by atoms with Gasteiger partial charge in [-0.05, 0) is 37.1 Å². The zero-order chi connectivity index (χ0) is 21.4. The number of amides is 1. The Bertz CT molecular complexity index is 1120. The number of hydrogen-bond acceptors (Lipinski definition) is 5. The summed E-state index contributed by atoms with van der Waals surface area (Å²) in [6.07, 6.45) is 1.69. The van der Waals surface area contributed by atoms with Gasteiger partial charge in [0, 0.05) is 25.7 Å². The van der Waals surface area contributed by atoms with Crippen LogP contribution in [0.1, 0.15) is 12.8 Å². The smallest absolute Gasteiger partial charge is 0.243 e. The molecule has 0 aromatic heterocycles. The minimum atomic E-state index is -3.95. The molecule has 0 radical (unpaired) electrons. The molecule has 8 nitrogen and oxygen atoms in total. The van der Waals surface area contributed by atoms with E-state index in [9.17, 15) is 21.6 Å². The Balaban J connectivity index is 1.65. The van der Waals surface area contributed by atoms with Crippen LogP contribution in [0.4, 0.5) is 0 Å². The molecule has 1 saturated heterocycles. The number of carbonyl (C=O) groups is 1. The van der Waals surface area contributed by atoms with Crippen LogP contribution in [0, 0.1) is 0 Å². The molecule has 2 fully saturated rings. The van der Waals surface area contributed by atoms with Gasteiger partial charge < -0.3 is 5.32 Å². The summed E-state index contributed by atoms with van der Waals surface area (Å²) in [5, 5.41) is 2.82. The number of piperazine rings is 1. The van der Waals surface area contributed by atoms with E-state index in [1.165, 1.54) is 28.6 Å². The molecule has 160 valence electrons. The highest BCUT2D eigenvalue weighted by molar-refractivity contribution is 7.89. The SMILES string of the molecule is O=C(NC1CC1)C1CN(S(=O)(=O)c2ccccc2)CCN1S(=O)(=O)c1ccccc1. The Kier molecular flexibility index (Phi) is 5.67. The summed E-state index contributed by atoms with van der Waals surface area (Å²) >= 11 is 0. The van der Waals surface area contributed by atoms with E-state index in [2.05, 4.69) is 5.32 Å². The summed E-state index contributed by atoms with van der Waals surface area (Å²) in [5.41, 5.74) is 0. The molecule has 1 atom stereocenters. The van der Waals surface area contributed by atoms with E-state index < -0.39 is 32.0 Å². The number of sulfonamides is 2. The van der Waals surface area contributed by atoms with Gasteiger partial charge in [0.15, 0.2) is 0 Å². The van der Waals surface area contributed by atoms with Crippen LogP contribution in [0.2, 0.25) is 0 Å². The highest BCUT2D eigenvalue weighted by atomic mass is 32.2. The molecule has 30 heavy (non-hydrogen) atoms. The summed E-state index contributed by atoms with van der Waals surface area (Å²) < 4.78 is 54.8. The Morgan fingerprint density at radius 2 is 1.33 bits per heavy atom. The van der Waals surface area contributed by atoms with Gasteiger partial charge in [0.1, 0.15) is 6.04 Å². The first-order valence-corrected chi connectivity index (χ1v) is 12.6. The molecular formula is C20H23N3O5S2.